The van der Waals surface area contributed by atoms with Crippen molar-refractivity contribution in [1.29, 1.82) is 0 Å². The first-order valence-electron chi connectivity index (χ1n) is 7.68. The topological polar surface area (TPSA) is 68.4 Å². The number of carbonyl (C=O) groups is 2. The van der Waals surface area contributed by atoms with Crippen molar-refractivity contribution in [2.75, 3.05) is 6.61 Å². The second-order valence-electron chi connectivity index (χ2n) is 5.40. The van der Waals surface area contributed by atoms with Gasteiger partial charge in [-0.05, 0) is 45.4 Å². The molecule has 1 heterocycles. The number of H-pyrrole nitrogens is 1. The van der Waals surface area contributed by atoms with E-state index in [-0.39, 0.29) is 12.4 Å². The van der Waals surface area contributed by atoms with E-state index in [0.717, 1.165) is 0 Å². The van der Waals surface area contributed by atoms with Crippen LogP contribution in [0.4, 0.5) is 0 Å². The smallest absolute Gasteiger partial charge is 0.340 e. The fourth-order valence-electron chi connectivity index (χ4n) is 2.49. The highest BCUT2D eigenvalue weighted by Crippen LogP contribution is 2.26. The van der Waals surface area contributed by atoms with Crippen LogP contribution in [0.5, 0.6) is 5.75 Å². The second kappa shape index (κ2) is 7.53. The molecule has 0 unspecified atom stereocenters. The van der Waals surface area contributed by atoms with E-state index in [9.17, 15) is 9.59 Å². The maximum Gasteiger partial charge on any atom is 0.340 e. The van der Waals surface area contributed by atoms with E-state index < -0.39 is 12.1 Å². The Morgan fingerprint density at radius 1 is 1.25 bits per heavy atom. The molecule has 0 radical (unpaired) electrons. The molecular weight excluding hydrogens is 330 g/mol. The average Bonchev–Trinajstić information content (AvgIpc) is 2.83. The second-order valence-corrected chi connectivity index (χ2v) is 5.81. The Balaban J connectivity index is 2.25. The summed E-state index contributed by atoms with van der Waals surface area (Å²) in [7, 11) is 0. The zero-order valence-electron chi connectivity index (χ0n) is 14.1. The lowest BCUT2D eigenvalue weighted by molar-refractivity contribution is 0.0525. The maximum absolute atomic E-state index is 12.7. The van der Waals surface area contributed by atoms with Crippen LogP contribution < -0.4 is 4.74 Å². The van der Waals surface area contributed by atoms with E-state index in [1.165, 1.54) is 0 Å². The van der Waals surface area contributed by atoms with Crippen molar-refractivity contribution in [2.24, 2.45) is 0 Å². The quantitative estimate of drug-likeness (QED) is 0.629. The van der Waals surface area contributed by atoms with Crippen LogP contribution in [0.25, 0.3) is 0 Å². The number of aromatic nitrogens is 1. The van der Waals surface area contributed by atoms with Crippen molar-refractivity contribution in [2.45, 2.75) is 33.8 Å². The third-order valence-electron chi connectivity index (χ3n) is 3.67. The number of ether oxygens (including phenoxy) is 2. The molecule has 0 bridgehead atoms. The van der Waals surface area contributed by atoms with Gasteiger partial charge in [0.1, 0.15) is 5.75 Å². The van der Waals surface area contributed by atoms with Gasteiger partial charge in [0, 0.05) is 5.69 Å². The minimum absolute atomic E-state index is 0.258. The first-order chi connectivity index (χ1) is 11.4. The molecule has 6 heteroatoms. The lowest BCUT2D eigenvalue weighted by Gasteiger charge is -2.14. The molecule has 1 aromatic heterocycles. The summed E-state index contributed by atoms with van der Waals surface area (Å²) in [5, 5.41) is 0.434. The summed E-state index contributed by atoms with van der Waals surface area (Å²) in [4.78, 5) is 27.7. The van der Waals surface area contributed by atoms with Crippen LogP contribution in [0.3, 0.4) is 0 Å². The van der Waals surface area contributed by atoms with E-state index in [4.69, 9.17) is 21.1 Å². The number of Topliss-reactive ketones (excluding diaryl/α,β-unsaturated/α-hetero) is 1. The number of carbonyl (C=O) groups excluding carboxylic acids is 2. The SMILES string of the molecule is CCOC(=O)c1c(C)[nH]c(C(=O)[C@H](C)Oc2ccccc2Cl)c1C. The van der Waals surface area contributed by atoms with Gasteiger partial charge in [0.2, 0.25) is 5.78 Å². The normalized spacial score (nSPS) is 11.9. The van der Waals surface area contributed by atoms with Crippen LogP contribution in [0, 0.1) is 13.8 Å². The molecule has 1 atom stereocenters. The number of halogens is 1. The van der Waals surface area contributed by atoms with Crippen molar-refractivity contribution < 1.29 is 19.1 Å². The fraction of sp³-hybridized carbons (Fsp3) is 0.333. The van der Waals surface area contributed by atoms with E-state index >= 15 is 0 Å². The van der Waals surface area contributed by atoms with E-state index in [2.05, 4.69) is 4.98 Å². The Morgan fingerprint density at radius 2 is 1.92 bits per heavy atom. The number of aromatic amines is 1. The number of hydrogen-bond acceptors (Lipinski definition) is 4. The summed E-state index contributed by atoms with van der Waals surface area (Å²) >= 11 is 6.05. The number of rotatable bonds is 6. The molecule has 0 spiro atoms. The Kier molecular flexibility index (Phi) is 5.67. The van der Waals surface area contributed by atoms with Crippen LogP contribution >= 0.6 is 11.6 Å². The van der Waals surface area contributed by atoms with Crippen molar-refractivity contribution in [1.82, 2.24) is 4.98 Å². The zero-order valence-corrected chi connectivity index (χ0v) is 14.9. The summed E-state index contributed by atoms with van der Waals surface area (Å²) < 4.78 is 10.7. The lowest BCUT2D eigenvalue weighted by Crippen LogP contribution is -2.25. The molecule has 0 aliphatic rings. The Hall–Kier alpha value is -2.27. The lowest BCUT2D eigenvalue weighted by atomic mass is 10.1. The summed E-state index contributed by atoms with van der Waals surface area (Å²) in [6.45, 7) is 7.10. The number of esters is 1. The third kappa shape index (κ3) is 3.62. The number of benzene rings is 1. The van der Waals surface area contributed by atoms with Crippen LogP contribution in [-0.2, 0) is 4.74 Å². The van der Waals surface area contributed by atoms with Crippen LogP contribution in [0.2, 0.25) is 5.02 Å². The van der Waals surface area contributed by atoms with Crippen molar-refractivity contribution in [3.05, 3.63) is 51.8 Å². The summed E-state index contributed by atoms with van der Waals surface area (Å²) in [6.07, 6.45) is -0.753. The standard InChI is InChI=1S/C18H20ClNO4/c1-5-23-18(22)15-10(2)16(20-11(15)3)17(21)12(4)24-14-9-7-6-8-13(14)19/h6-9,12,20H,5H2,1-4H3/t12-/m0/s1. The first kappa shape index (κ1) is 18.1. The van der Waals surface area contributed by atoms with Gasteiger partial charge in [-0.1, -0.05) is 23.7 Å². The number of nitrogens with one attached hydrogen (secondary N) is 1. The minimum Gasteiger partial charge on any atom is -0.481 e. The third-order valence-corrected chi connectivity index (χ3v) is 3.99. The molecule has 1 N–H and O–H groups in total. The molecule has 0 saturated carbocycles. The van der Waals surface area contributed by atoms with Gasteiger partial charge >= 0.3 is 5.97 Å². The molecule has 2 rings (SSSR count). The highest BCUT2D eigenvalue weighted by Gasteiger charge is 2.26. The molecule has 0 aliphatic heterocycles. The predicted molar refractivity (Wildman–Crippen MR) is 92.1 cm³/mol. The largest absolute Gasteiger partial charge is 0.481 e. The van der Waals surface area contributed by atoms with Gasteiger partial charge < -0.3 is 14.5 Å². The Morgan fingerprint density at radius 3 is 2.54 bits per heavy atom. The van der Waals surface area contributed by atoms with Crippen LogP contribution in [-0.4, -0.2) is 29.4 Å². The summed E-state index contributed by atoms with van der Waals surface area (Å²) in [5.74, 6) is -0.264. The van der Waals surface area contributed by atoms with Gasteiger partial charge in [0.05, 0.1) is 22.9 Å². The van der Waals surface area contributed by atoms with Gasteiger partial charge in [-0.3, -0.25) is 4.79 Å². The Labute approximate surface area is 145 Å². The first-order valence-corrected chi connectivity index (χ1v) is 8.06. The maximum atomic E-state index is 12.7. The molecule has 24 heavy (non-hydrogen) atoms. The minimum atomic E-state index is -0.753. The van der Waals surface area contributed by atoms with Gasteiger partial charge in [-0.25, -0.2) is 4.79 Å². The highest BCUT2D eigenvalue weighted by atomic mass is 35.5. The molecular formula is C18H20ClNO4. The number of para-hydroxylation sites is 1. The van der Waals surface area contributed by atoms with Crippen molar-refractivity contribution in [3.63, 3.8) is 0 Å². The van der Waals surface area contributed by atoms with Gasteiger partial charge in [0.25, 0.3) is 0 Å². The van der Waals surface area contributed by atoms with Crippen molar-refractivity contribution in [3.8, 4) is 5.75 Å². The van der Waals surface area contributed by atoms with Gasteiger partial charge in [0.15, 0.2) is 6.10 Å². The number of aryl methyl sites for hydroxylation is 1. The predicted octanol–water partition coefficient (Wildman–Crippen LogP) is 4.11. The summed E-state index contributed by atoms with van der Waals surface area (Å²) in [6, 6.07) is 6.95. The molecule has 128 valence electrons. The molecule has 5 nitrogen and oxygen atoms in total. The molecule has 2 aromatic rings. The zero-order chi connectivity index (χ0) is 17.9. The molecule has 0 saturated heterocycles. The molecule has 0 aliphatic carbocycles. The average molecular weight is 350 g/mol. The van der Waals surface area contributed by atoms with Gasteiger partial charge in [-0.15, -0.1) is 0 Å². The number of hydrogen-bond donors (Lipinski definition) is 1. The van der Waals surface area contributed by atoms with Crippen LogP contribution in [0.1, 0.15) is 46.0 Å². The molecule has 0 fully saturated rings. The monoisotopic (exact) mass is 349 g/mol. The van der Waals surface area contributed by atoms with Crippen molar-refractivity contribution >= 4 is 23.4 Å². The number of ketones is 1. The Bertz CT molecular complexity index is 766. The highest BCUT2D eigenvalue weighted by molar-refractivity contribution is 6.32. The summed E-state index contributed by atoms with van der Waals surface area (Å²) in [5.41, 5.74) is 1.89. The van der Waals surface area contributed by atoms with Gasteiger partial charge in [-0.2, -0.15) is 0 Å². The van der Waals surface area contributed by atoms with E-state index in [1.807, 2.05) is 0 Å². The molecule has 0 amide bonds. The molecule has 1 aromatic carbocycles. The van der Waals surface area contributed by atoms with E-state index in [0.29, 0.717) is 33.3 Å². The fourth-order valence-corrected chi connectivity index (χ4v) is 2.67. The van der Waals surface area contributed by atoms with Crippen LogP contribution in [0.15, 0.2) is 24.3 Å². The van der Waals surface area contributed by atoms with E-state index in [1.54, 1.807) is 52.0 Å².